The quantitative estimate of drug-likeness (QED) is 0.610. The number of rotatable bonds is 6. The standard InChI is InChI=1S/C20H26N2O4Si/c1-14-9-20(24)22(13-25-7-8-27(2,3)4)11-16(14)15-5-6-18-17(10-15)21-19(23)12-26-18/h5-6,9-11H,7-8,12-13H2,1-4H3,(H,21,23). The number of carbonyl (C=O) groups is 1. The van der Waals surface area contributed by atoms with Gasteiger partial charge in [0.15, 0.2) is 6.61 Å². The van der Waals surface area contributed by atoms with E-state index >= 15 is 0 Å². The van der Waals surface area contributed by atoms with E-state index in [4.69, 9.17) is 9.47 Å². The highest BCUT2D eigenvalue weighted by Gasteiger charge is 2.17. The minimum Gasteiger partial charge on any atom is -0.482 e. The van der Waals surface area contributed by atoms with Crippen LogP contribution in [0.2, 0.25) is 25.7 Å². The lowest BCUT2D eigenvalue weighted by atomic mass is 10.0. The number of hydrogen-bond acceptors (Lipinski definition) is 4. The summed E-state index contributed by atoms with van der Waals surface area (Å²) in [5, 5.41) is 2.82. The molecule has 2 aromatic rings. The molecule has 1 aliphatic rings. The maximum atomic E-state index is 12.3. The molecule has 6 nitrogen and oxygen atoms in total. The molecule has 1 aliphatic heterocycles. The zero-order chi connectivity index (χ0) is 19.6. The maximum Gasteiger partial charge on any atom is 0.262 e. The number of pyridine rings is 1. The summed E-state index contributed by atoms with van der Waals surface area (Å²) in [5.41, 5.74) is 3.27. The van der Waals surface area contributed by atoms with E-state index in [1.807, 2.05) is 31.3 Å². The van der Waals surface area contributed by atoms with Gasteiger partial charge in [0.1, 0.15) is 12.5 Å². The van der Waals surface area contributed by atoms with Gasteiger partial charge in [0, 0.05) is 32.5 Å². The Kier molecular flexibility index (Phi) is 5.52. The summed E-state index contributed by atoms with van der Waals surface area (Å²) < 4.78 is 12.7. The van der Waals surface area contributed by atoms with Crippen molar-refractivity contribution in [1.82, 2.24) is 4.57 Å². The summed E-state index contributed by atoms with van der Waals surface area (Å²) in [6.07, 6.45) is 1.82. The average Bonchev–Trinajstić information content (AvgIpc) is 2.58. The number of carbonyl (C=O) groups excluding carboxylic acids is 1. The summed E-state index contributed by atoms with van der Waals surface area (Å²) in [6.45, 7) is 9.73. The van der Waals surface area contributed by atoms with E-state index in [1.54, 1.807) is 10.6 Å². The Hall–Kier alpha value is -2.38. The van der Waals surface area contributed by atoms with Crippen molar-refractivity contribution >= 4 is 19.7 Å². The molecule has 1 N–H and O–H groups in total. The third-order valence-corrected chi connectivity index (χ3v) is 6.19. The average molecular weight is 387 g/mol. The van der Waals surface area contributed by atoms with E-state index in [9.17, 15) is 9.59 Å². The normalized spacial score (nSPS) is 13.7. The second-order valence-electron chi connectivity index (χ2n) is 8.07. The van der Waals surface area contributed by atoms with Crippen LogP contribution in [0.4, 0.5) is 5.69 Å². The third kappa shape index (κ3) is 4.87. The predicted octanol–water partition coefficient (Wildman–Crippen LogP) is 3.47. The van der Waals surface area contributed by atoms with Crippen LogP contribution in [0.1, 0.15) is 5.56 Å². The number of anilines is 1. The fourth-order valence-electron chi connectivity index (χ4n) is 2.86. The largest absolute Gasteiger partial charge is 0.482 e. The first-order chi connectivity index (χ1) is 12.7. The van der Waals surface area contributed by atoms with Gasteiger partial charge in [-0.25, -0.2) is 0 Å². The Morgan fingerprint density at radius 1 is 1.22 bits per heavy atom. The highest BCUT2D eigenvalue weighted by molar-refractivity contribution is 6.76. The first-order valence-electron chi connectivity index (χ1n) is 9.09. The highest BCUT2D eigenvalue weighted by Crippen LogP contribution is 2.33. The van der Waals surface area contributed by atoms with Crippen LogP contribution < -0.4 is 15.6 Å². The molecule has 0 fully saturated rings. The highest BCUT2D eigenvalue weighted by atomic mass is 28.3. The number of aromatic nitrogens is 1. The van der Waals surface area contributed by atoms with Gasteiger partial charge in [-0.15, -0.1) is 0 Å². The Balaban J connectivity index is 1.83. The lowest BCUT2D eigenvalue weighted by molar-refractivity contribution is -0.118. The molecule has 0 saturated carbocycles. The van der Waals surface area contributed by atoms with Crippen LogP contribution in [0.3, 0.4) is 0 Å². The Labute approximate surface area is 160 Å². The van der Waals surface area contributed by atoms with Crippen molar-refractivity contribution in [3.8, 4) is 16.9 Å². The van der Waals surface area contributed by atoms with Crippen molar-refractivity contribution in [3.63, 3.8) is 0 Å². The molecular formula is C20H26N2O4Si. The van der Waals surface area contributed by atoms with E-state index < -0.39 is 8.07 Å². The van der Waals surface area contributed by atoms with Gasteiger partial charge in [0.25, 0.3) is 11.5 Å². The van der Waals surface area contributed by atoms with Gasteiger partial charge in [0.05, 0.1) is 5.69 Å². The van der Waals surface area contributed by atoms with E-state index in [0.717, 1.165) is 22.7 Å². The second-order valence-corrected chi connectivity index (χ2v) is 13.7. The number of nitrogens with zero attached hydrogens (tertiary/aromatic N) is 1. The molecule has 1 amide bonds. The predicted molar refractivity (Wildman–Crippen MR) is 109 cm³/mol. The fourth-order valence-corrected chi connectivity index (χ4v) is 3.62. The summed E-state index contributed by atoms with van der Waals surface area (Å²) in [6, 6.07) is 8.31. The SMILES string of the molecule is Cc1cc(=O)n(COCC[Si](C)(C)C)cc1-c1ccc2c(c1)NC(=O)CO2. The summed E-state index contributed by atoms with van der Waals surface area (Å²) in [4.78, 5) is 23.9. The summed E-state index contributed by atoms with van der Waals surface area (Å²) in [5.74, 6) is 0.483. The van der Waals surface area contributed by atoms with E-state index in [1.165, 1.54) is 0 Å². The van der Waals surface area contributed by atoms with Gasteiger partial charge in [0.2, 0.25) is 0 Å². The molecule has 0 atom stereocenters. The van der Waals surface area contributed by atoms with Gasteiger partial charge in [-0.3, -0.25) is 14.2 Å². The molecule has 0 saturated heterocycles. The van der Waals surface area contributed by atoms with Crippen LogP contribution >= 0.6 is 0 Å². The van der Waals surface area contributed by atoms with Crippen LogP contribution in [0.25, 0.3) is 11.1 Å². The molecular weight excluding hydrogens is 360 g/mol. The number of nitrogens with one attached hydrogen (secondary N) is 1. The van der Waals surface area contributed by atoms with Gasteiger partial charge < -0.3 is 14.8 Å². The van der Waals surface area contributed by atoms with E-state index in [2.05, 4.69) is 25.0 Å². The molecule has 2 heterocycles. The molecule has 7 heteroatoms. The Morgan fingerprint density at radius 3 is 2.74 bits per heavy atom. The molecule has 144 valence electrons. The lowest BCUT2D eigenvalue weighted by Gasteiger charge is -2.19. The molecule has 1 aromatic heterocycles. The molecule has 0 radical (unpaired) electrons. The molecule has 0 spiro atoms. The van der Waals surface area contributed by atoms with Crippen molar-refractivity contribution in [2.75, 3.05) is 18.5 Å². The van der Waals surface area contributed by atoms with Crippen molar-refractivity contribution in [1.29, 1.82) is 0 Å². The van der Waals surface area contributed by atoms with Crippen LogP contribution in [-0.4, -0.2) is 31.8 Å². The Morgan fingerprint density at radius 2 is 2.00 bits per heavy atom. The number of amides is 1. The third-order valence-electron chi connectivity index (χ3n) is 4.48. The minimum absolute atomic E-state index is 0.0328. The van der Waals surface area contributed by atoms with Crippen molar-refractivity contribution < 1.29 is 14.3 Å². The molecule has 0 bridgehead atoms. The molecule has 3 rings (SSSR count). The van der Waals surface area contributed by atoms with Gasteiger partial charge in [-0.05, 0) is 36.2 Å². The number of ether oxygens (including phenoxy) is 2. The summed E-state index contributed by atoms with van der Waals surface area (Å²) in [7, 11) is -1.16. The van der Waals surface area contributed by atoms with Gasteiger partial charge in [-0.1, -0.05) is 25.7 Å². The number of fused-ring (bicyclic) bond motifs is 1. The lowest BCUT2D eigenvalue weighted by Crippen LogP contribution is -2.25. The smallest absolute Gasteiger partial charge is 0.262 e. The Bertz CT molecular complexity index is 915. The molecule has 0 unspecified atom stereocenters. The minimum atomic E-state index is -1.16. The maximum absolute atomic E-state index is 12.3. The molecule has 0 aliphatic carbocycles. The van der Waals surface area contributed by atoms with E-state index in [0.29, 0.717) is 18.0 Å². The van der Waals surface area contributed by atoms with Crippen molar-refractivity contribution in [2.24, 2.45) is 0 Å². The van der Waals surface area contributed by atoms with Crippen molar-refractivity contribution in [3.05, 3.63) is 46.4 Å². The van der Waals surface area contributed by atoms with Crippen LogP contribution in [0, 0.1) is 6.92 Å². The van der Waals surface area contributed by atoms with Crippen LogP contribution in [0.5, 0.6) is 5.75 Å². The molecule has 27 heavy (non-hydrogen) atoms. The van der Waals surface area contributed by atoms with Crippen LogP contribution in [-0.2, 0) is 16.3 Å². The number of aryl methyl sites for hydroxylation is 1. The van der Waals surface area contributed by atoms with Gasteiger partial charge >= 0.3 is 0 Å². The fraction of sp³-hybridized carbons (Fsp3) is 0.400. The first-order valence-corrected chi connectivity index (χ1v) is 12.8. The molecule has 1 aromatic carbocycles. The zero-order valence-electron chi connectivity index (χ0n) is 16.3. The zero-order valence-corrected chi connectivity index (χ0v) is 17.3. The second kappa shape index (κ2) is 7.70. The number of benzene rings is 1. The first kappa shape index (κ1) is 19.4. The van der Waals surface area contributed by atoms with E-state index in [-0.39, 0.29) is 24.8 Å². The van der Waals surface area contributed by atoms with Crippen molar-refractivity contribution in [2.45, 2.75) is 39.3 Å². The monoisotopic (exact) mass is 386 g/mol. The number of hydrogen-bond donors (Lipinski definition) is 1. The van der Waals surface area contributed by atoms with Crippen LogP contribution in [0.15, 0.2) is 35.3 Å². The topological polar surface area (TPSA) is 69.6 Å². The van der Waals surface area contributed by atoms with Gasteiger partial charge in [-0.2, -0.15) is 0 Å². The summed E-state index contributed by atoms with van der Waals surface area (Å²) >= 11 is 0.